The van der Waals surface area contributed by atoms with E-state index in [4.69, 9.17) is 4.74 Å². The number of nitrogens with one attached hydrogen (secondary N) is 1. The Balaban J connectivity index is 2.00. The van der Waals surface area contributed by atoms with Crippen molar-refractivity contribution >= 4 is 10.8 Å². The Bertz CT molecular complexity index is 413. The van der Waals surface area contributed by atoms with Crippen LogP contribution in [-0.2, 0) is 10.8 Å². The Labute approximate surface area is 118 Å². The van der Waals surface area contributed by atoms with Gasteiger partial charge < -0.3 is 10.1 Å². The molecule has 0 aromatic heterocycles. The SMILES string of the molecule is CNC(CS(=O)C1CCCC1)c1ccc(OC)cc1. The molecule has 0 heterocycles. The third-order valence-corrected chi connectivity index (χ3v) is 5.75. The fourth-order valence-corrected chi connectivity index (χ4v) is 4.45. The smallest absolute Gasteiger partial charge is 0.118 e. The lowest BCUT2D eigenvalue weighted by Gasteiger charge is -2.19. The largest absolute Gasteiger partial charge is 0.497 e. The van der Waals surface area contributed by atoms with E-state index in [-0.39, 0.29) is 6.04 Å². The van der Waals surface area contributed by atoms with Gasteiger partial charge in [-0.1, -0.05) is 25.0 Å². The van der Waals surface area contributed by atoms with Crippen molar-refractivity contribution in [1.29, 1.82) is 0 Å². The summed E-state index contributed by atoms with van der Waals surface area (Å²) in [5.41, 5.74) is 1.18. The lowest BCUT2D eigenvalue weighted by atomic mass is 10.1. The van der Waals surface area contributed by atoms with Crippen molar-refractivity contribution < 1.29 is 8.95 Å². The Kier molecular flexibility index (Phi) is 5.40. The summed E-state index contributed by atoms with van der Waals surface area (Å²) in [4.78, 5) is 0. The van der Waals surface area contributed by atoms with E-state index >= 15 is 0 Å². The summed E-state index contributed by atoms with van der Waals surface area (Å²) >= 11 is 0. The molecular weight excluding hydrogens is 258 g/mol. The number of hydrogen-bond donors (Lipinski definition) is 1. The second kappa shape index (κ2) is 7.06. The van der Waals surface area contributed by atoms with Gasteiger partial charge >= 0.3 is 0 Å². The number of methoxy groups -OCH3 is 1. The highest BCUT2D eigenvalue weighted by Gasteiger charge is 2.24. The van der Waals surface area contributed by atoms with Crippen LogP contribution >= 0.6 is 0 Å². The molecule has 1 aliphatic carbocycles. The van der Waals surface area contributed by atoms with Gasteiger partial charge in [-0.05, 0) is 37.6 Å². The standard InChI is InChI=1S/C15H23NO2S/c1-16-15(11-19(17)14-5-3-4-6-14)12-7-9-13(18-2)10-8-12/h7-10,14-16H,3-6,11H2,1-2H3. The Hall–Kier alpha value is -0.870. The maximum atomic E-state index is 12.4. The molecule has 0 amide bonds. The first-order valence-corrected chi connectivity index (χ1v) is 8.31. The van der Waals surface area contributed by atoms with Gasteiger partial charge in [0.15, 0.2) is 0 Å². The molecule has 0 aliphatic heterocycles. The number of ether oxygens (including phenoxy) is 1. The minimum absolute atomic E-state index is 0.160. The maximum Gasteiger partial charge on any atom is 0.118 e. The van der Waals surface area contributed by atoms with Crippen molar-refractivity contribution in [3.8, 4) is 5.75 Å². The van der Waals surface area contributed by atoms with E-state index in [1.54, 1.807) is 7.11 Å². The van der Waals surface area contributed by atoms with Crippen molar-refractivity contribution in [2.75, 3.05) is 19.9 Å². The first kappa shape index (κ1) is 14.5. The fraction of sp³-hybridized carbons (Fsp3) is 0.600. The minimum Gasteiger partial charge on any atom is -0.497 e. The third kappa shape index (κ3) is 3.80. The van der Waals surface area contributed by atoms with Gasteiger partial charge in [-0.15, -0.1) is 0 Å². The highest BCUT2D eigenvalue weighted by atomic mass is 32.2. The maximum absolute atomic E-state index is 12.4. The summed E-state index contributed by atoms with van der Waals surface area (Å²) in [6.45, 7) is 0. The lowest BCUT2D eigenvalue weighted by molar-refractivity contribution is 0.414. The van der Waals surface area contributed by atoms with E-state index in [9.17, 15) is 4.21 Å². The van der Waals surface area contributed by atoms with Crippen LogP contribution in [0.3, 0.4) is 0 Å². The second-order valence-corrected chi connectivity index (χ2v) is 6.83. The van der Waals surface area contributed by atoms with Crippen molar-refractivity contribution in [3.05, 3.63) is 29.8 Å². The Morgan fingerprint density at radius 2 is 1.95 bits per heavy atom. The summed E-state index contributed by atoms with van der Waals surface area (Å²) in [6.07, 6.45) is 4.74. The van der Waals surface area contributed by atoms with Crippen LogP contribution in [0.5, 0.6) is 5.75 Å². The molecular formula is C15H23NO2S. The third-order valence-electron chi connectivity index (χ3n) is 3.87. The Morgan fingerprint density at radius 3 is 2.47 bits per heavy atom. The zero-order chi connectivity index (χ0) is 13.7. The quantitative estimate of drug-likeness (QED) is 0.871. The van der Waals surface area contributed by atoms with E-state index in [2.05, 4.69) is 5.32 Å². The molecule has 2 atom stereocenters. The zero-order valence-corrected chi connectivity index (χ0v) is 12.5. The fourth-order valence-electron chi connectivity index (χ4n) is 2.63. The summed E-state index contributed by atoms with van der Waals surface area (Å²) in [7, 11) is 2.87. The molecule has 1 N–H and O–H groups in total. The molecule has 106 valence electrons. The van der Waals surface area contributed by atoms with E-state index < -0.39 is 10.8 Å². The van der Waals surface area contributed by atoms with Crippen molar-refractivity contribution in [2.45, 2.75) is 37.0 Å². The van der Waals surface area contributed by atoms with Gasteiger partial charge in [0.25, 0.3) is 0 Å². The molecule has 2 rings (SSSR count). The monoisotopic (exact) mass is 281 g/mol. The molecule has 1 saturated carbocycles. The summed E-state index contributed by atoms with van der Waals surface area (Å²) in [5, 5.41) is 3.69. The number of benzene rings is 1. The van der Waals surface area contributed by atoms with E-state index in [1.165, 1.54) is 18.4 Å². The molecule has 0 radical (unpaired) electrons. The van der Waals surface area contributed by atoms with Gasteiger partial charge in [-0.2, -0.15) is 0 Å². The topological polar surface area (TPSA) is 38.3 Å². The number of hydrogen-bond acceptors (Lipinski definition) is 3. The predicted octanol–water partition coefficient (Wildman–Crippen LogP) is 2.65. The highest BCUT2D eigenvalue weighted by Crippen LogP contribution is 2.26. The van der Waals surface area contributed by atoms with Crippen LogP contribution in [0.2, 0.25) is 0 Å². The van der Waals surface area contributed by atoms with Gasteiger partial charge in [0.2, 0.25) is 0 Å². The molecule has 1 aliphatic rings. The zero-order valence-electron chi connectivity index (χ0n) is 11.7. The van der Waals surface area contributed by atoms with E-state index in [0.717, 1.165) is 18.6 Å². The van der Waals surface area contributed by atoms with Crippen LogP contribution in [0.25, 0.3) is 0 Å². The molecule has 3 nitrogen and oxygen atoms in total. The second-order valence-electron chi connectivity index (χ2n) is 5.07. The van der Waals surface area contributed by atoms with Crippen LogP contribution in [0.4, 0.5) is 0 Å². The predicted molar refractivity (Wildman–Crippen MR) is 80.1 cm³/mol. The van der Waals surface area contributed by atoms with Crippen LogP contribution in [0, 0.1) is 0 Å². The van der Waals surface area contributed by atoms with Gasteiger partial charge in [0, 0.05) is 27.8 Å². The lowest BCUT2D eigenvalue weighted by Crippen LogP contribution is -2.26. The molecule has 0 spiro atoms. The van der Waals surface area contributed by atoms with E-state index in [1.807, 2.05) is 31.3 Å². The first-order valence-electron chi connectivity index (χ1n) is 6.93. The molecule has 2 unspecified atom stereocenters. The average molecular weight is 281 g/mol. The van der Waals surface area contributed by atoms with Gasteiger partial charge in [0.05, 0.1) is 7.11 Å². The molecule has 4 heteroatoms. The van der Waals surface area contributed by atoms with Crippen molar-refractivity contribution in [2.24, 2.45) is 0 Å². The van der Waals surface area contributed by atoms with E-state index in [0.29, 0.717) is 11.0 Å². The molecule has 1 aromatic carbocycles. The van der Waals surface area contributed by atoms with Crippen molar-refractivity contribution in [3.63, 3.8) is 0 Å². The molecule has 1 fully saturated rings. The number of rotatable bonds is 6. The minimum atomic E-state index is -0.727. The summed E-state index contributed by atoms with van der Waals surface area (Å²) in [5.74, 6) is 1.56. The molecule has 1 aromatic rings. The van der Waals surface area contributed by atoms with Gasteiger partial charge in [0.1, 0.15) is 5.75 Å². The first-order chi connectivity index (χ1) is 9.24. The normalized spacial score (nSPS) is 19.3. The molecule has 19 heavy (non-hydrogen) atoms. The average Bonchev–Trinajstić information content (AvgIpc) is 2.99. The molecule has 0 bridgehead atoms. The van der Waals surface area contributed by atoms with Gasteiger partial charge in [-0.3, -0.25) is 4.21 Å². The summed E-state index contributed by atoms with van der Waals surface area (Å²) < 4.78 is 17.5. The molecule has 0 saturated heterocycles. The van der Waals surface area contributed by atoms with Crippen LogP contribution in [0.1, 0.15) is 37.3 Å². The van der Waals surface area contributed by atoms with Crippen LogP contribution < -0.4 is 10.1 Å². The van der Waals surface area contributed by atoms with Crippen molar-refractivity contribution in [1.82, 2.24) is 5.32 Å². The van der Waals surface area contributed by atoms with Gasteiger partial charge in [-0.25, -0.2) is 0 Å². The highest BCUT2D eigenvalue weighted by molar-refractivity contribution is 7.85. The van der Waals surface area contributed by atoms with Crippen LogP contribution in [0.15, 0.2) is 24.3 Å². The Morgan fingerprint density at radius 1 is 1.32 bits per heavy atom. The summed E-state index contributed by atoms with van der Waals surface area (Å²) in [6, 6.07) is 8.17. The van der Waals surface area contributed by atoms with Crippen LogP contribution in [-0.4, -0.2) is 29.4 Å².